The van der Waals surface area contributed by atoms with Crippen molar-refractivity contribution < 1.29 is 4.79 Å². The van der Waals surface area contributed by atoms with Crippen LogP contribution < -0.4 is 5.73 Å². The summed E-state index contributed by atoms with van der Waals surface area (Å²) in [4.78, 5) is 16.0. The van der Waals surface area contributed by atoms with Crippen LogP contribution in [0.4, 0.5) is 0 Å². The number of nitrogens with one attached hydrogen (secondary N) is 1. The van der Waals surface area contributed by atoms with Gasteiger partial charge in [0.2, 0.25) is 0 Å². The third-order valence-electron chi connectivity index (χ3n) is 2.97. The second kappa shape index (κ2) is 3.78. The van der Waals surface area contributed by atoms with Crippen molar-refractivity contribution >= 4 is 5.78 Å². The number of hydrogen-bond acceptors (Lipinski definition) is 4. The highest BCUT2D eigenvalue weighted by atomic mass is 16.1. The fourth-order valence-electron chi connectivity index (χ4n) is 2.21. The summed E-state index contributed by atoms with van der Waals surface area (Å²) in [5.74, 6) is 0.0614. The molecule has 0 aliphatic heterocycles. The first kappa shape index (κ1) is 10.2. The van der Waals surface area contributed by atoms with Crippen molar-refractivity contribution in [1.82, 2.24) is 15.2 Å². The zero-order valence-corrected chi connectivity index (χ0v) is 9.18. The van der Waals surface area contributed by atoms with Crippen LogP contribution in [0.1, 0.15) is 22.5 Å². The lowest BCUT2D eigenvalue weighted by Gasteiger charge is -2.16. The number of carbonyl (C=O) groups is 1. The molecule has 86 valence electrons. The van der Waals surface area contributed by atoms with Crippen LogP contribution in [0.15, 0.2) is 24.5 Å². The number of fused-ring (bicyclic) bond motifs is 1. The van der Waals surface area contributed by atoms with E-state index in [0.717, 1.165) is 11.3 Å². The molecular formula is C12H12N4O. The standard InChI is InChI=1S/C12H12N4O/c13-8-4-9-11(10(17)5-8)12(16-15-9)7-2-1-3-14-6-7/h1-3,6,8H,4-5,13H2,(H,15,16). The number of Topliss-reactive ketones (excluding diaryl/α,β-unsaturated/α-hetero) is 1. The molecular weight excluding hydrogens is 216 g/mol. The molecule has 0 saturated heterocycles. The summed E-state index contributed by atoms with van der Waals surface area (Å²) < 4.78 is 0. The van der Waals surface area contributed by atoms with E-state index in [1.807, 2.05) is 12.1 Å². The zero-order chi connectivity index (χ0) is 11.8. The number of aromatic amines is 1. The van der Waals surface area contributed by atoms with Gasteiger partial charge in [-0.25, -0.2) is 0 Å². The Morgan fingerprint density at radius 1 is 1.41 bits per heavy atom. The maximum atomic E-state index is 12.0. The summed E-state index contributed by atoms with van der Waals surface area (Å²) in [6.07, 6.45) is 4.47. The van der Waals surface area contributed by atoms with Crippen molar-refractivity contribution in [2.75, 3.05) is 0 Å². The third kappa shape index (κ3) is 1.64. The molecule has 0 bridgehead atoms. The summed E-state index contributed by atoms with van der Waals surface area (Å²) in [5, 5.41) is 7.12. The van der Waals surface area contributed by atoms with Crippen molar-refractivity contribution in [3.05, 3.63) is 35.8 Å². The molecule has 0 radical (unpaired) electrons. The molecule has 2 heterocycles. The van der Waals surface area contributed by atoms with Crippen molar-refractivity contribution in [2.45, 2.75) is 18.9 Å². The number of nitrogens with zero attached hydrogens (tertiary/aromatic N) is 2. The average Bonchev–Trinajstić information content (AvgIpc) is 2.74. The number of H-pyrrole nitrogens is 1. The van der Waals surface area contributed by atoms with Crippen molar-refractivity contribution in [3.8, 4) is 11.3 Å². The van der Waals surface area contributed by atoms with Gasteiger partial charge in [-0.3, -0.25) is 14.9 Å². The number of hydrogen-bond donors (Lipinski definition) is 2. The third-order valence-corrected chi connectivity index (χ3v) is 2.97. The maximum absolute atomic E-state index is 12.0. The fourth-order valence-corrected chi connectivity index (χ4v) is 2.21. The summed E-state index contributed by atoms with van der Waals surface area (Å²) in [7, 11) is 0. The highest BCUT2D eigenvalue weighted by molar-refractivity contribution is 6.03. The van der Waals surface area contributed by atoms with Crippen LogP contribution in [0, 0.1) is 0 Å². The Morgan fingerprint density at radius 2 is 2.29 bits per heavy atom. The van der Waals surface area contributed by atoms with Crippen LogP contribution in [0.25, 0.3) is 11.3 Å². The molecule has 1 aliphatic rings. The smallest absolute Gasteiger partial charge is 0.168 e. The Morgan fingerprint density at radius 3 is 3.06 bits per heavy atom. The fraction of sp³-hybridized carbons (Fsp3) is 0.250. The number of ketones is 1. The molecule has 5 nitrogen and oxygen atoms in total. The zero-order valence-electron chi connectivity index (χ0n) is 9.18. The second-order valence-electron chi connectivity index (χ2n) is 4.26. The van der Waals surface area contributed by atoms with Crippen LogP contribution in [0.2, 0.25) is 0 Å². The van der Waals surface area contributed by atoms with Crippen LogP contribution in [-0.4, -0.2) is 27.0 Å². The van der Waals surface area contributed by atoms with E-state index in [1.165, 1.54) is 0 Å². The number of rotatable bonds is 1. The van der Waals surface area contributed by atoms with E-state index in [4.69, 9.17) is 5.73 Å². The molecule has 0 aromatic carbocycles. The first-order chi connectivity index (χ1) is 8.25. The molecule has 0 spiro atoms. The Balaban J connectivity index is 2.13. The minimum Gasteiger partial charge on any atom is -0.327 e. The maximum Gasteiger partial charge on any atom is 0.168 e. The molecule has 3 rings (SSSR count). The SMILES string of the molecule is NC1CC(=O)c2c(-c3cccnc3)n[nH]c2C1. The van der Waals surface area contributed by atoms with Crippen molar-refractivity contribution in [2.24, 2.45) is 5.73 Å². The van der Waals surface area contributed by atoms with E-state index in [9.17, 15) is 4.79 Å². The largest absolute Gasteiger partial charge is 0.327 e. The molecule has 2 aromatic rings. The molecule has 1 aliphatic carbocycles. The lowest BCUT2D eigenvalue weighted by molar-refractivity contribution is 0.0966. The van der Waals surface area contributed by atoms with Crippen LogP contribution in [0.5, 0.6) is 0 Å². The molecule has 0 saturated carbocycles. The lowest BCUT2D eigenvalue weighted by atomic mass is 9.90. The normalized spacial score (nSPS) is 19.1. The van der Waals surface area contributed by atoms with Gasteiger partial charge in [-0.05, 0) is 12.1 Å². The Hall–Kier alpha value is -2.01. The summed E-state index contributed by atoms with van der Waals surface area (Å²) in [6.45, 7) is 0. The molecule has 1 unspecified atom stereocenters. The van der Waals surface area contributed by atoms with Crippen molar-refractivity contribution in [1.29, 1.82) is 0 Å². The first-order valence-electron chi connectivity index (χ1n) is 5.52. The number of pyridine rings is 1. The number of carbonyl (C=O) groups excluding carboxylic acids is 1. The van der Waals surface area contributed by atoms with Gasteiger partial charge in [0, 0.05) is 42.5 Å². The highest BCUT2D eigenvalue weighted by Crippen LogP contribution is 2.28. The molecule has 17 heavy (non-hydrogen) atoms. The van der Waals surface area contributed by atoms with Crippen LogP contribution in [-0.2, 0) is 6.42 Å². The monoisotopic (exact) mass is 228 g/mol. The summed E-state index contributed by atoms with van der Waals surface area (Å²) in [6, 6.07) is 3.62. The van der Waals surface area contributed by atoms with Crippen LogP contribution in [0.3, 0.4) is 0 Å². The molecule has 0 fully saturated rings. The summed E-state index contributed by atoms with van der Waals surface area (Å²) in [5.41, 5.74) is 8.87. The van der Waals surface area contributed by atoms with Gasteiger partial charge < -0.3 is 5.73 Å². The van der Waals surface area contributed by atoms with E-state index in [0.29, 0.717) is 24.1 Å². The van der Waals surface area contributed by atoms with Gasteiger partial charge >= 0.3 is 0 Å². The Labute approximate surface area is 98.1 Å². The van der Waals surface area contributed by atoms with Crippen molar-refractivity contribution in [3.63, 3.8) is 0 Å². The second-order valence-corrected chi connectivity index (χ2v) is 4.26. The first-order valence-corrected chi connectivity index (χ1v) is 5.52. The minimum atomic E-state index is -0.0998. The van der Waals surface area contributed by atoms with E-state index >= 15 is 0 Å². The van der Waals surface area contributed by atoms with E-state index < -0.39 is 0 Å². The van der Waals surface area contributed by atoms with Gasteiger partial charge in [-0.1, -0.05) is 0 Å². The molecule has 0 amide bonds. The Bertz CT molecular complexity index is 561. The highest BCUT2D eigenvalue weighted by Gasteiger charge is 2.28. The van der Waals surface area contributed by atoms with Gasteiger partial charge in [-0.15, -0.1) is 0 Å². The van der Waals surface area contributed by atoms with Gasteiger partial charge in [0.25, 0.3) is 0 Å². The molecule has 5 heteroatoms. The van der Waals surface area contributed by atoms with Gasteiger partial charge in [0.1, 0.15) is 5.69 Å². The Kier molecular flexibility index (Phi) is 2.26. The average molecular weight is 228 g/mol. The molecule has 2 aromatic heterocycles. The van der Waals surface area contributed by atoms with Gasteiger partial charge in [0.05, 0.1) is 5.56 Å². The molecule has 3 N–H and O–H groups in total. The quantitative estimate of drug-likeness (QED) is 0.760. The van der Waals surface area contributed by atoms with E-state index in [2.05, 4.69) is 15.2 Å². The minimum absolute atomic E-state index is 0.0614. The lowest BCUT2D eigenvalue weighted by Crippen LogP contribution is -2.31. The predicted octanol–water partition coefficient (Wildman–Crippen LogP) is 0.928. The summed E-state index contributed by atoms with van der Waals surface area (Å²) >= 11 is 0. The van der Waals surface area contributed by atoms with E-state index in [1.54, 1.807) is 12.4 Å². The van der Waals surface area contributed by atoms with Crippen LogP contribution >= 0.6 is 0 Å². The van der Waals surface area contributed by atoms with Gasteiger partial charge in [0.15, 0.2) is 5.78 Å². The topological polar surface area (TPSA) is 84.7 Å². The van der Waals surface area contributed by atoms with E-state index in [-0.39, 0.29) is 11.8 Å². The number of aromatic nitrogens is 3. The molecule has 1 atom stereocenters. The van der Waals surface area contributed by atoms with Gasteiger partial charge in [-0.2, -0.15) is 5.10 Å². The predicted molar refractivity (Wildman–Crippen MR) is 62.4 cm³/mol. The number of nitrogens with two attached hydrogens (primary N) is 1.